The number of nitrogens with zero attached hydrogens (tertiary/aromatic N) is 1. The number of carbonyl (C=O) groups is 2. The van der Waals surface area contributed by atoms with Gasteiger partial charge in [0.1, 0.15) is 16.3 Å². The van der Waals surface area contributed by atoms with E-state index in [2.05, 4.69) is 5.32 Å². The van der Waals surface area contributed by atoms with Gasteiger partial charge in [-0.3, -0.25) is 14.9 Å². The van der Waals surface area contributed by atoms with Crippen LogP contribution in [0.5, 0.6) is 5.75 Å². The summed E-state index contributed by atoms with van der Waals surface area (Å²) in [7, 11) is 0. The third kappa shape index (κ3) is 5.50. The van der Waals surface area contributed by atoms with E-state index in [0.717, 1.165) is 23.3 Å². The maximum Gasteiger partial charge on any atom is 0.341 e. The highest BCUT2D eigenvalue weighted by atomic mass is 32.1. The Labute approximate surface area is 188 Å². The molecule has 0 aliphatic rings. The van der Waals surface area contributed by atoms with Crippen LogP contribution in [0.3, 0.4) is 0 Å². The zero-order chi connectivity index (χ0) is 23.1. The van der Waals surface area contributed by atoms with Crippen molar-refractivity contribution in [3.05, 3.63) is 75.2 Å². The van der Waals surface area contributed by atoms with E-state index >= 15 is 0 Å². The number of esters is 1. The number of nitrogens with one attached hydrogen (secondary N) is 1. The van der Waals surface area contributed by atoms with Crippen LogP contribution < -0.4 is 10.1 Å². The number of non-ortho nitro benzene ring substituents is 1. The van der Waals surface area contributed by atoms with Gasteiger partial charge in [0.25, 0.3) is 11.6 Å². The number of nitro groups is 1. The molecule has 3 rings (SSSR count). The van der Waals surface area contributed by atoms with Gasteiger partial charge in [-0.1, -0.05) is 31.2 Å². The number of benzene rings is 2. The van der Waals surface area contributed by atoms with E-state index in [4.69, 9.17) is 9.47 Å². The molecule has 0 saturated carbocycles. The van der Waals surface area contributed by atoms with E-state index in [1.807, 2.05) is 25.1 Å². The second kappa shape index (κ2) is 10.5. The maximum absolute atomic E-state index is 12.6. The molecule has 0 aliphatic carbocycles. The summed E-state index contributed by atoms with van der Waals surface area (Å²) in [6.07, 6.45) is 0.849. The number of carbonyl (C=O) groups excluding carboxylic acids is 2. The lowest BCUT2D eigenvalue weighted by atomic mass is 10.0. The van der Waals surface area contributed by atoms with E-state index in [1.54, 1.807) is 24.4 Å². The summed E-state index contributed by atoms with van der Waals surface area (Å²) in [4.78, 5) is 35.8. The Morgan fingerprint density at radius 1 is 1.12 bits per heavy atom. The van der Waals surface area contributed by atoms with E-state index in [-0.39, 0.29) is 24.5 Å². The van der Waals surface area contributed by atoms with Crippen LogP contribution in [0.25, 0.3) is 11.1 Å². The summed E-state index contributed by atoms with van der Waals surface area (Å²) < 4.78 is 10.7. The van der Waals surface area contributed by atoms with Crippen LogP contribution >= 0.6 is 11.3 Å². The minimum absolute atomic E-state index is 0.100. The number of ether oxygens (including phenoxy) is 2. The number of hydrogen-bond donors (Lipinski definition) is 1. The lowest BCUT2D eigenvalue weighted by Crippen LogP contribution is -2.21. The molecule has 0 unspecified atom stereocenters. The molecule has 9 heteroatoms. The molecule has 3 aromatic rings. The van der Waals surface area contributed by atoms with Gasteiger partial charge in [-0.25, -0.2) is 4.79 Å². The van der Waals surface area contributed by atoms with Crippen LogP contribution in [0, 0.1) is 10.1 Å². The third-order valence-corrected chi connectivity index (χ3v) is 5.46. The van der Waals surface area contributed by atoms with Crippen LogP contribution in [0.15, 0.2) is 53.9 Å². The van der Waals surface area contributed by atoms with Crippen LogP contribution in [-0.4, -0.2) is 30.0 Å². The predicted octanol–water partition coefficient (Wildman–Crippen LogP) is 5.08. The highest BCUT2D eigenvalue weighted by Crippen LogP contribution is 2.37. The first kappa shape index (κ1) is 23.0. The molecule has 0 spiro atoms. The number of anilines is 1. The van der Waals surface area contributed by atoms with Crippen molar-refractivity contribution in [3.63, 3.8) is 0 Å². The molecule has 32 heavy (non-hydrogen) atoms. The van der Waals surface area contributed by atoms with Gasteiger partial charge in [-0.15, -0.1) is 11.3 Å². The number of aryl methyl sites for hydroxylation is 1. The molecule has 0 atom stereocenters. The van der Waals surface area contributed by atoms with E-state index in [1.165, 1.54) is 18.2 Å². The number of amides is 1. The van der Waals surface area contributed by atoms with Crippen molar-refractivity contribution in [1.29, 1.82) is 0 Å². The van der Waals surface area contributed by atoms with Gasteiger partial charge in [-0.05, 0) is 36.6 Å². The molecule has 0 radical (unpaired) electrons. The number of rotatable bonds is 9. The summed E-state index contributed by atoms with van der Waals surface area (Å²) in [5.74, 6) is -0.486. The van der Waals surface area contributed by atoms with Gasteiger partial charge < -0.3 is 14.8 Å². The Balaban J connectivity index is 1.83. The number of hydrogen-bond acceptors (Lipinski definition) is 7. The first-order valence-electron chi connectivity index (χ1n) is 9.98. The minimum atomic E-state index is -0.623. The Morgan fingerprint density at radius 3 is 2.62 bits per heavy atom. The van der Waals surface area contributed by atoms with Crippen LogP contribution in [0.4, 0.5) is 10.7 Å². The predicted molar refractivity (Wildman–Crippen MR) is 122 cm³/mol. The van der Waals surface area contributed by atoms with Crippen molar-refractivity contribution < 1.29 is 24.0 Å². The SMILES string of the molecule is CCOC(=O)c1c(-c2cccc([N+](=O)[O-])c2)csc1NC(=O)COc1cccc(CC)c1. The zero-order valence-corrected chi connectivity index (χ0v) is 18.4. The van der Waals surface area contributed by atoms with E-state index in [0.29, 0.717) is 21.9 Å². The summed E-state index contributed by atoms with van der Waals surface area (Å²) >= 11 is 1.14. The summed E-state index contributed by atoms with van der Waals surface area (Å²) in [5, 5.41) is 15.8. The Bertz CT molecular complexity index is 1140. The first-order chi connectivity index (χ1) is 15.4. The Morgan fingerprint density at radius 2 is 1.91 bits per heavy atom. The van der Waals surface area contributed by atoms with Gasteiger partial charge in [-0.2, -0.15) is 0 Å². The molecule has 1 amide bonds. The van der Waals surface area contributed by atoms with Crippen molar-refractivity contribution >= 4 is 33.9 Å². The van der Waals surface area contributed by atoms with Gasteiger partial charge in [0.15, 0.2) is 6.61 Å². The molecule has 0 saturated heterocycles. The van der Waals surface area contributed by atoms with Gasteiger partial charge in [0, 0.05) is 23.1 Å². The molecular weight excluding hydrogens is 432 g/mol. The first-order valence-corrected chi connectivity index (χ1v) is 10.9. The molecule has 1 N–H and O–H groups in total. The van der Waals surface area contributed by atoms with Gasteiger partial charge >= 0.3 is 5.97 Å². The molecule has 1 heterocycles. The number of thiophene rings is 1. The van der Waals surface area contributed by atoms with Crippen LogP contribution in [-0.2, 0) is 16.0 Å². The van der Waals surface area contributed by atoms with Gasteiger partial charge in [0.2, 0.25) is 0 Å². The highest BCUT2D eigenvalue weighted by Gasteiger charge is 2.24. The monoisotopic (exact) mass is 454 g/mol. The molecule has 2 aromatic carbocycles. The fourth-order valence-corrected chi connectivity index (χ4v) is 4.00. The topological polar surface area (TPSA) is 108 Å². The highest BCUT2D eigenvalue weighted by molar-refractivity contribution is 7.15. The van der Waals surface area contributed by atoms with Crippen LogP contribution in [0.1, 0.15) is 29.8 Å². The van der Waals surface area contributed by atoms with Crippen LogP contribution in [0.2, 0.25) is 0 Å². The lowest BCUT2D eigenvalue weighted by Gasteiger charge is -2.10. The molecule has 0 fully saturated rings. The van der Waals surface area contributed by atoms with Crippen molar-refractivity contribution in [1.82, 2.24) is 0 Å². The fraction of sp³-hybridized carbons (Fsp3) is 0.217. The Hall–Kier alpha value is -3.72. The molecule has 0 aliphatic heterocycles. The second-order valence-electron chi connectivity index (χ2n) is 6.72. The van der Waals surface area contributed by atoms with Crippen molar-refractivity contribution in [2.45, 2.75) is 20.3 Å². The smallest absolute Gasteiger partial charge is 0.341 e. The van der Waals surface area contributed by atoms with E-state index < -0.39 is 16.8 Å². The summed E-state index contributed by atoms with van der Waals surface area (Å²) in [6.45, 7) is 3.61. The second-order valence-corrected chi connectivity index (χ2v) is 7.60. The quantitative estimate of drug-likeness (QED) is 0.274. The summed E-state index contributed by atoms with van der Waals surface area (Å²) in [5.41, 5.74) is 2.07. The summed E-state index contributed by atoms with van der Waals surface area (Å²) in [6, 6.07) is 13.4. The fourth-order valence-electron chi connectivity index (χ4n) is 3.02. The standard InChI is InChI=1S/C23H22N2O6S/c1-3-15-7-5-10-18(11-15)31-13-20(26)24-22-21(23(27)30-4-2)19(14-32-22)16-8-6-9-17(12-16)25(28)29/h5-12,14H,3-4,13H2,1-2H3,(H,24,26). The van der Waals surface area contributed by atoms with Crippen molar-refractivity contribution in [2.24, 2.45) is 0 Å². The molecule has 0 bridgehead atoms. The van der Waals surface area contributed by atoms with E-state index in [9.17, 15) is 19.7 Å². The molecular formula is C23H22N2O6S. The average Bonchev–Trinajstić information content (AvgIpc) is 3.21. The molecule has 1 aromatic heterocycles. The largest absolute Gasteiger partial charge is 0.484 e. The zero-order valence-electron chi connectivity index (χ0n) is 17.6. The van der Waals surface area contributed by atoms with Crippen molar-refractivity contribution in [2.75, 3.05) is 18.5 Å². The number of nitro benzene ring substituents is 1. The lowest BCUT2D eigenvalue weighted by molar-refractivity contribution is -0.384. The molecule has 8 nitrogen and oxygen atoms in total. The van der Waals surface area contributed by atoms with Gasteiger partial charge in [0.05, 0.1) is 11.5 Å². The normalized spacial score (nSPS) is 10.4. The average molecular weight is 455 g/mol. The minimum Gasteiger partial charge on any atom is -0.484 e. The molecule has 166 valence electrons. The van der Waals surface area contributed by atoms with Crippen molar-refractivity contribution in [3.8, 4) is 16.9 Å². The maximum atomic E-state index is 12.6. The third-order valence-electron chi connectivity index (χ3n) is 4.57. The Kier molecular flexibility index (Phi) is 7.56.